The molecule has 0 spiro atoms. The first-order valence-corrected chi connectivity index (χ1v) is 21.7. The van der Waals surface area contributed by atoms with Crippen LogP contribution in [0.2, 0.25) is 0 Å². The number of allylic oxidation sites excluding steroid dienone is 8. The molecule has 0 aromatic heterocycles. The zero-order chi connectivity index (χ0) is 34.8. The number of ether oxygens (including phenoxy) is 2. The first kappa shape index (κ1) is 42.3. The molecule has 1 heterocycles. The summed E-state index contributed by atoms with van der Waals surface area (Å²) >= 11 is 0. The number of hydrogen-bond acceptors (Lipinski definition) is 3. The monoisotopic (exact) mass is 680 g/mol. The van der Waals surface area contributed by atoms with E-state index in [9.17, 15) is 0 Å². The zero-order valence-corrected chi connectivity index (χ0v) is 33.1. The summed E-state index contributed by atoms with van der Waals surface area (Å²) in [5, 5.41) is 0. The molecule has 282 valence electrons. The van der Waals surface area contributed by atoms with E-state index in [2.05, 4.69) is 81.5 Å². The van der Waals surface area contributed by atoms with Gasteiger partial charge < -0.3 is 14.4 Å². The van der Waals surface area contributed by atoms with E-state index < -0.39 is 0 Å². The third-order valence-electron chi connectivity index (χ3n) is 11.7. The Kier molecular flexibility index (Phi) is 22.9. The molecule has 0 N–H and O–H groups in total. The predicted octanol–water partition coefficient (Wildman–Crippen LogP) is 13.8. The Morgan fingerprint density at radius 3 is 1.39 bits per heavy atom. The Balaban J connectivity index is 1.28. The standard InChI is InChI=1S/C46H81NO2/c1-5-7-9-11-13-15-17-19-21-23-25-27-29-31-33-35-37-46(48-44-41-39-42(45(44)49-46)43(40-41)47(3)4)38-36-34-32-30-28-26-24-22-20-18-16-14-12-10-8-6-2/h13,15,18-21,24,26,41-45H,5-12,14,16-17,22-23,25,27-40H2,1-4H3/b15-13-,20-18-,21-19-,26-24-. The van der Waals surface area contributed by atoms with Crippen molar-refractivity contribution in [1.29, 1.82) is 0 Å². The van der Waals surface area contributed by atoms with Crippen molar-refractivity contribution in [2.45, 2.75) is 218 Å². The number of rotatable bonds is 31. The van der Waals surface area contributed by atoms with Crippen LogP contribution in [-0.4, -0.2) is 43.0 Å². The maximum Gasteiger partial charge on any atom is 0.169 e. The molecule has 0 aromatic carbocycles. The van der Waals surface area contributed by atoms with Gasteiger partial charge >= 0.3 is 0 Å². The lowest BCUT2D eigenvalue weighted by Crippen LogP contribution is -2.43. The maximum absolute atomic E-state index is 7.06. The summed E-state index contributed by atoms with van der Waals surface area (Å²) in [5.41, 5.74) is 0. The first-order valence-electron chi connectivity index (χ1n) is 21.7. The van der Waals surface area contributed by atoms with E-state index in [1.807, 2.05) is 0 Å². The van der Waals surface area contributed by atoms with Gasteiger partial charge in [-0.3, -0.25) is 0 Å². The van der Waals surface area contributed by atoms with Crippen LogP contribution < -0.4 is 0 Å². The Morgan fingerprint density at radius 1 is 0.490 bits per heavy atom. The van der Waals surface area contributed by atoms with Crippen LogP contribution in [0, 0.1) is 11.8 Å². The SMILES string of the molecule is CCCCC/C=C\C/C=C\CCCCCCCCC1(CCCCCC/C=C\C/C=C\CCCCCCC)OC2C3CC(C2O1)C(N(C)C)C3. The highest BCUT2D eigenvalue weighted by atomic mass is 16.8. The summed E-state index contributed by atoms with van der Waals surface area (Å²) in [4.78, 5) is 2.45. The molecule has 0 aromatic rings. The second kappa shape index (κ2) is 26.6. The van der Waals surface area contributed by atoms with E-state index in [-0.39, 0.29) is 5.79 Å². The van der Waals surface area contributed by atoms with Crippen molar-refractivity contribution in [3.8, 4) is 0 Å². The first-order chi connectivity index (χ1) is 24.1. The highest BCUT2D eigenvalue weighted by Crippen LogP contribution is 2.55. The van der Waals surface area contributed by atoms with Gasteiger partial charge in [0.25, 0.3) is 0 Å². The number of fused-ring (bicyclic) bond motifs is 5. The van der Waals surface area contributed by atoms with Crippen molar-refractivity contribution in [3.63, 3.8) is 0 Å². The zero-order valence-electron chi connectivity index (χ0n) is 33.1. The van der Waals surface area contributed by atoms with E-state index in [4.69, 9.17) is 9.47 Å². The van der Waals surface area contributed by atoms with Gasteiger partial charge in [0.05, 0.1) is 12.2 Å². The molecule has 0 amide bonds. The lowest BCUT2D eigenvalue weighted by atomic mass is 9.90. The fraction of sp³-hybridized carbons (Fsp3) is 0.826. The molecule has 1 aliphatic heterocycles. The Morgan fingerprint density at radius 2 is 0.898 bits per heavy atom. The van der Waals surface area contributed by atoms with Crippen LogP contribution in [0.25, 0.3) is 0 Å². The Hall–Kier alpha value is -1.16. The molecular weight excluding hydrogens is 599 g/mol. The van der Waals surface area contributed by atoms with E-state index in [0.29, 0.717) is 30.1 Å². The molecule has 0 radical (unpaired) electrons. The smallest absolute Gasteiger partial charge is 0.169 e. The topological polar surface area (TPSA) is 21.7 Å². The van der Waals surface area contributed by atoms with Crippen molar-refractivity contribution in [3.05, 3.63) is 48.6 Å². The molecule has 3 rings (SSSR count). The molecule has 6 atom stereocenters. The summed E-state index contributed by atoms with van der Waals surface area (Å²) < 4.78 is 14.1. The lowest BCUT2D eigenvalue weighted by Gasteiger charge is -2.33. The predicted molar refractivity (Wildman–Crippen MR) is 214 cm³/mol. The summed E-state index contributed by atoms with van der Waals surface area (Å²) in [5.74, 6) is 1.05. The second-order valence-corrected chi connectivity index (χ2v) is 16.2. The third-order valence-corrected chi connectivity index (χ3v) is 11.7. The van der Waals surface area contributed by atoms with Gasteiger partial charge in [-0.1, -0.05) is 140 Å². The minimum Gasteiger partial charge on any atom is -0.344 e. The Bertz CT molecular complexity index is 920. The molecule has 2 bridgehead atoms. The minimum absolute atomic E-state index is 0.315. The van der Waals surface area contributed by atoms with E-state index in [0.717, 1.165) is 25.7 Å². The molecular formula is C46H81NO2. The number of nitrogens with zero attached hydrogens (tertiary/aromatic N) is 1. The largest absolute Gasteiger partial charge is 0.344 e. The lowest BCUT2D eigenvalue weighted by molar-refractivity contribution is -0.196. The molecule has 49 heavy (non-hydrogen) atoms. The highest BCUT2D eigenvalue weighted by Gasteiger charge is 2.62. The van der Waals surface area contributed by atoms with Crippen LogP contribution >= 0.6 is 0 Å². The van der Waals surface area contributed by atoms with Crippen LogP contribution in [0.15, 0.2) is 48.6 Å². The molecule has 6 unspecified atom stereocenters. The summed E-state index contributed by atoms with van der Waals surface area (Å²) in [6.07, 6.45) is 55.6. The molecule has 1 saturated heterocycles. The fourth-order valence-corrected chi connectivity index (χ4v) is 8.78. The van der Waals surface area contributed by atoms with Gasteiger partial charge in [-0.15, -0.1) is 0 Å². The van der Waals surface area contributed by atoms with Crippen LogP contribution in [0.3, 0.4) is 0 Å². The molecule has 2 saturated carbocycles. The molecule has 3 nitrogen and oxygen atoms in total. The van der Waals surface area contributed by atoms with Crippen molar-refractivity contribution >= 4 is 0 Å². The van der Waals surface area contributed by atoms with Gasteiger partial charge in [0.1, 0.15) is 0 Å². The van der Waals surface area contributed by atoms with Crippen molar-refractivity contribution in [2.24, 2.45) is 11.8 Å². The molecule has 3 aliphatic rings. The average Bonchev–Trinajstić information content (AvgIpc) is 3.79. The van der Waals surface area contributed by atoms with Gasteiger partial charge in [0.2, 0.25) is 0 Å². The highest BCUT2D eigenvalue weighted by molar-refractivity contribution is 5.09. The van der Waals surface area contributed by atoms with Crippen LogP contribution in [0.5, 0.6) is 0 Å². The summed E-state index contributed by atoms with van der Waals surface area (Å²) in [6.45, 7) is 4.56. The van der Waals surface area contributed by atoms with Crippen molar-refractivity contribution in [2.75, 3.05) is 14.1 Å². The van der Waals surface area contributed by atoms with Crippen LogP contribution in [0.1, 0.15) is 194 Å². The molecule has 3 heteroatoms. The van der Waals surface area contributed by atoms with Gasteiger partial charge in [-0.2, -0.15) is 0 Å². The fourth-order valence-electron chi connectivity index (χ4n) is 8.78. The minimum atomic E-state index is -0.315. The van der Waals surface area contributed by atoms with Crippen LogP contribution in [0.4, 0.5) is 0 Å². The van der Waals surface area contributed by atoms with Crippen molar-refractivity contribution in [1.82, 2.24) is 4.90 Å². The van der Waals surface area contributed by atoms with Gasteiger partial charge in [0.15, 0.2) is 5.79 Å². The summed E-state index contributed by atoms with van der Waals surface area (Å²) in [6, 6.07) is 0.673. The van der Waals surface area contributed by atoms with Gasteiger partial charge in [-0.05, 0) is 110 Å². The third kappa shape index (κ3) is 16.8. The normalized spacial score (nSPS) is 26.7. The second-order valence-electron chi connectivity index (χ2n) is 16.2. The van der Waals surface area contributed by atoms with Gasteiger partial charge in [-0.25, -0.2) is 0 Å². The average molecular weight is 680 g/mol. The van der Waals surface area contributed by atoms with E-state index >= 15 is 0 Å². The Labute approximate surface area is 305 Å². The quantitative estimate of drug-likeness (QED) is 0.0538. The van der Waals surface area contributed by atoms with Gasteiger partial charge in [0, 0.05) is 24.8 Å². The van der Waals surface area contributed by atoms with Crippen LogP contribution in [-0.2, 0) is 9.47 Å². The molecule has 2 aliphatic carbocycles. The summed E-state index contributed by atoms with van der Waals surface area (Å²) in [7, 11) is 4.52. The number of hydrogen-bond donors (Lipinski definition) is 0. The maximum atomic E-state index is 7.06. The van der Waals surface area contributed by atoms with E-state index in [1.165, 1.54) is 154 Å². The van der Waals surface area contributed by atoms with Crippen molar-refractivity contribution < 1.29 is 9.47 Å². The molecule has 3 fully saturated rings. The number of unbranched alkanes of at least 4 members (excludes halogenated alkanes) is 18. The van der Waals surface area contributed by atoms with E-state index in [1.54, 1.807) is 0 Å².